The second-order valence-electron chi connectivity index (χ2n) is 4.62. The molecule has 3 rings (SSSR count). The summed E-state index contributed by atoms with van der Waals surface area (Å²) in [6, 6.07) is 9.56. The number of nitrogens with zero attached hydrogens (tertiary/aromatic N) is 1. The summed E-state index contributed by atoms with van der Waals surface area (Å²) >= 11 is 1.40. The Morgan fingerprint density at radius 3 is 2.62 bits per heavy atom. The van der Waals surface area contributed by atoms with Gasteiger partial charge in [0.25, 0.3) is 0 Å². The lowest BCUT2D eigenvalue weighted by Gasteiger charge is -2.16. The molecule has 0 aliphatic carbocycles. The van der Waals surface area contributed by atoms with Crippen molar-refractivity contribution in [2.45, 2.75) is 12.2 Å². The monoisotopic (exact) mass is 308 g/mol. The molecule has 0 aliphatic rings. The fraction of sp³-hybridized carbons (Fsp3) is 0.133. The SMILES string of the molecule is NC(c1cc2ccccc2s1)c1cnccc1C(F)(F)F. The number of alkyl halides is 3. The number of hydrogen-bond acceptors (Lipinski definition) is 3. The summed E-state index contributed by atoms with van der Waals surface area (Å²) in [6.07, 6.45) is -2.12. The zero-order chi connectivity index (χ0) is 15.0. The predicted molar refractivity (Wildman–Crippen MR) is 77.1 cm³/mol. The molecule has 6 heteroatoms. The molecular weight excluding hydrogens is 297 g/mol. The number of pyridine rings is 1. The second-order valence-corrected chi connectivity index (χ2v) is 5.74. The van der Waals surface area contributed by atoms with E-state index in [1.54, 1.807) is 0 Å². The molecule has 0 saturated heterocycles. The predicted octanol–water partition coefficient (Wildman–Crippen LogP) is 4.36. The Hall–Kier alpha value is -1.92. The Balaban J connectivity index is 2.08. The summed E-state index contributed by atoms with van der Waals surface area (Å²) in [7, 11) is 0. The molecule has 1 aromatic carbocycles. The molecule has 2 aromatic heterocycles. The van der Waals surface area contributed by atoms with E-state index in [9.17, 15) is 13.2 Å². The van der Waals surface area contributed by atoms with Gasteiger partial charge in [0, 0.05) is 27.5 Å². The van der Waals surface area contributed by atoms with Crippen LogP contribution in [0.5, 0.6) is 0 Å². The molecule has 2 N–H and O–H groups in total. The van der Waals surface area contributed by atoms with Gasteiger partial charge in [-0.25, -0.2) is 0 Å². The van der Waals surface area contributed by atoms with Crippen LogP contribution in [-0.4, -0.2) is 4.98 Å². The molecule has 0 spiro atoms. The molecule has 2 heterocycles. The lowest BCUT2D eigenvalue weighted by molar-refractivity contribution is -0.138. The van der Waals surface area contributed by atoms with Crippen molar-refractivity contribution in [2.75, 3.05) is 0 Å². The zero-order valence-electron chi connectivity index (χ0n) is 10.8. The molecule has 21 heavy (non-hydrogen) atoms. The Kier molecular flexibility index (Phi) is 3.43. The van der Waals surface area contributed by atoms with Crippen molar-refractivity contribution in [1.82, 2.24) is 4.98 Å². The van der Waals surface area contributed by atoms with Gasteiger partial charge in [-0.3, -0.25) is 4.98 Å². The van der Waals surface area contributed by atoms with Crippen molar-refractivity contribution < 1.29 is 13.2 Å². The average Bonchev–Trinajstić information content (AvgIpc) is 2.89. The Morgan fingerprint density at radius 1 is 1.14 bits per heavy atom. The van der Waals surface area contributed by atoms with Gasteiger partial charge < -0.3 is 5.73 Å². The van der Waals surface area contributed by atoms with Crippen molar-refractivity contribution in [2.24, 2.45) is 5.73 Å². The first-order valence-corrected chi connectivity index (χ1v) is 7.03. The standard InChI is InChI=1S/C15H11F3N2S/c16-15(17,18)11-5-6-20-8-10(11)14(19)13-7-9-3-1-2-4-12(9)21-13/h1-8,14H,19H2. The summed E-state index contributed by atoms with van der Waals surface area (Å²) in [6.45, 7) is 0. The molecule has 1 unspecified atom stereocenters. The maximum absolute atomic E-state index is 13.0. The minimum Gasteiger partial charge on any atom is -0.320 e. The summed E-state index contributed by atoms with van der Waals surface area (Å²) in [5.41, 5.74) is 5.31. The van der Waals surface area contributed by atoms with Crippen LogP contribution in [0.2, 0.25) is 0 Å². The zero-order valence-corrected chi connectivity index (χ0v) is 11.6. The molecule has 2 nitrogen and oxygen atoms in total. The minimum absolute atomic E-state index is 0.00319. The van der Waals surface area contributed by atoms with E-state index in [4.69, 9.17) is 5.73 Å². The Morgan fingerprint density at radius 2 is 1.90 bits per heavy atom. The van der Waals surface area contributed by atoms with Crippen LogP contribution in [0.15, 0.2) is 48.8 Å². The topological polar surface area (TPSA) is 38.9 Å². The second kappa shape index (κ2) is 5.13. The smallest absolute Gasteiger partial charge is 0.320 e. The number of fused-ring (bicyclic) bond motifs is 1. The average molecular weight is 308 g/mol. The first kappa shape index (κ1) is 14.0. The molecule has 0 fully saturated rings. The highest BCUT2D eigenvalue weighted by molar-refractivity contribution is 7.19. The van der Waals surface area contributed by atoms with E-state index in [-0.39, 0.29) is 5.56 Å². The largest absolute Gasteiger partial charge is 0.416 e. The van der Waals surface area contributed by atoms with E-state index in [0.717, 1.165) is 22.3 Å². The third-order valence-corrected chi connectivity index (χ3v) is 4.44. The van der Waals surface area contributed by atoms with Crippen LogP contribution in [0.3, 0.4) is 0 Å². The van der Waals surface area contributed by atoms with Crippen molar-refractivity contribution in [3.8, 4) is 0 Å². The minimum atomic E-state index is -4.44. The Labute approximate surface area is 123 Å². The van der Waals surface area contributed by atoms with Gasteiger partial charge in [-0.05, 0) is 23.6 Å². The summed E-state index contributed by atoms with van der Waals surface area (Å²) in [4.78, 5) is 4.47. The molecule has 108 valence electrons. The van der Waals surface area contributed by atoms with E-state index in [2.05, 4.69) is 4.98 Å². The van der Waals surface area contributed by atoms with Crippen LogP contribution in [-0.2, 0) is 6.18 Å². The van der Waals surface area contributed by atoms with Crippen LogP contribution >= 0.6 is 11.3 Å². The van der Waals surface area contributed by atoms with Gasteiger partial charge in [0.1, 0.15) is 0 Å². The molecule has 1 atom stereocenters. The van der Waals surface area contributed by atoms with Gasteiger partial charge in [-0.15, -0.1) is 11.3 Å². The van der Waals surface area contributed by atoms with E-state index >= 15 is 0 Å². The van der Waals surface area contributed by atoms with Crippen LogP contribution < -0.4 is 5.73 Å². The quantitative estimate of drug-likeness (QED) is 0.764. The lowest BCUT2D eigenvalue weighted by Crippen LogP contribution is -2.18. The van der Waals surface area contributed by atoms with Crippen molar-refractivity contribution in [3.05, 3.63) is 64.8 Å². The van der Waals surface area contributed by atoms with Crippen LogP contribution in [0.1, 0.15) is 22.0 Å². The van der Waals surface area contributed by atoms with Crippen molar-refractivity contribution in [3.63, 3.8) is 0 Å². The van der Waals surface area contributed by atoms with Gasteiger partial charge in [-0.2, -0.15) is 13.2 Å². The lowest BCUT2D eigenvalue weighted by atomic mass is 10.0. The van der Waals surface area contributed by atoms with Gasteiger partial charge in [0.15, 0.2) is 0 Å². The molecule has 0 amide bonds. The van der Waals surface area contributed by atoms with E-state index < -0.39 is 17.8 Å². The number of thiophene rings is 1. The molecule has 0 bridgehead atoms. The van der Waals surface area contributed by atoms with Crippen molar-refractivity contribution in [1.29, 1.82) is 0 Å². The molecular formula is C15H11F3N2S. The number of hydrogen-bond donors (Lipinski definition) is 1. The highest BCUT2D eigenvalue weighted by Crippen LogP contribution is 2.38. The van der Waals surface area contributed by atoms with Gasteiger partial charge in [0.2, 0.25) is 0 Å². The summed E-state index contributed by atoms with van der Waals surface area (Å²) in [5, 5.41) is 0.977. The first-order valence-electron chi connectivity index (χ1n) is 6.22. The van der Waals surface area contributed by atoms with Crippen LogP contribution in [0, 0.1) is 0 Å². The van der Waals surface area contributed by atoms with Gasteiger partial charge in [0.05, 0.1) is 11.6 Å². The molecule has 0 radical (unpaired) electrons. The molecule has 0 aliphatic heterocycles. The highest BCUT2D eigenvalue weighted by atomic mass is 32.1. The molecule has 3 aromatic rings. The van der Waals surface area contributed by atoms with Crippen LogP contribution in [0.25, 0.3) is 10.1 Å². The fourth-order valence-electron chi connectivity index (χ4n) is 2.22. The fourth-order valence-corrected chi connectivity index (χ4v) is 3.31. The number of rotatable bonds is 2. The summed E-state index contributed by atoms with van der Waals surface area (Å²) < 4.78 is 40.1. The third-order valence-electron chi connectivity index (χ3n) is 3.24. The van der Waals surface area contributed by atoms with E-state index in [0.29, 0.717) is 4.88 Å². The van der Waals surface area contributed by atoms with Crippen LogP contribution in [0.4, 0.5) is 13.2 Å². The summed E-state index contributed by atoms with van der Waals surface area (Å²) in [5.74, 6) is 0. The van der Waals surface area contributed by atoms with Crippen molar-refractivity contribution >= 4 is 21.4 Å². The Bertz CT molecular complexity index is 747. The normalized spacial score (nSPS) is 13.5. The number of aromatic nitrogens is 1. The maximum atomic E-state index is 13.0. The van der Waals surface area contributed by atoms with E-state index in [1.807, 2.05) is 30.3 Å². The van der Waals surface area contributed by atoms with Gasteiger partial charge >= 0.3 is 6.18 Å². The van der Waals surface area contributed by atoms with Gasteiger partial charge in [-0.1, -0.05) is 18.2 Å². The number of nitrogens with two attached hydrogens (primary N) is 1. The van der Waals surface area contributed by atoms with E-state index in [1.165, 1.54) is 17.5 Å². The first-order chi connectivity index (χ1) is 9.97. The number of benzene rings is 1. The highest BCUT2D eigenvalue weighted by Gasteiger charge is 2.35. The number of halogens is 3. The third kappa shape index (κ3) is 2.64. The molecule has 0 saturated carbocycles. The maximum Gasteiger partial charge on any atom is 0.416 e.